The highest BCUT2D eigenvalue weighted by atomic mass is 16.4. The van der Waals surface area contributed by atoms with Crippen LogP contribution < -0.4 is 27.8 Å². The number of nitrogens with one attached hydrogen (secondary N) is 2. The van der Waals surface area contributed by atoms with E-state index in [1.165, 1.54) is 6.92 Å². The summed E-state index contributed by atoms with van der Waals surface area (Å²) in [5.41, 5.74) is 16.0. The van der Waals surface area contributed by atoms with Gasteiger partial charge in [0.1, 0.15) is 12.6 Å². The van der Waals surface area contributed by atoms with Gasteiger partial charge in [-0.1, -0.05) is 0 Å². The van der Waals surface area contributed by atoms with E-state index in [1.54, 1.807) is 0 Å². The lowest BCUT2D eigenvalue weighted by atomic mass is 10.1. The van der Waals surface area contributed by atoms with Crippen molar-refractivity contribution < 1.29 is 24.6 Å². The average Bonchev–Trinajstić information content (AvgIpc) is 2.45. The normalized spacial score (nSPS) is 14.2. The Morgan fingerprint density at radius 2 is 1.83 bits per heavy atom. The Bertz CT molecular complexity index is 449. The van der Waals surface area contributed by atoms with Gasteiger partial charge in [-0.2, -0.15) is 0 Å². The first kappa shape index (κ1) is 20.6. The molecule has 0 fully saturated rings. The number of nitrogens with zero attached hydrogens (tertiary/aromatic N) is 1. The number of guanidine groups is 1. The van der Waals surface area contributed by atoms with Crippen LogP contribution in [0, 0.1) is 0 Å². The first-order valence-corrected chi connectivity index (χ1v) is 6.94. The third-order valence-corrected chi connectivity index (χ3v) is 2.78. The lowest BCUT2D eigenvalue weighted by molar-refractivity contribution is -0.139. The van der Waals surface area contributed by atoms with E-state index >= 15 is 0 Å². The number of carboxylic acid groups (broad SMARTS) is 1. The van der Waals surface area contributed by atoms with Crippen LogP contribution in [0.15, 0.2) is 4.99 Å². The summed E-state index contributed by atoms with van der Waals surface area (Å²) < 4.78 is 0. The summed E-state index contributed by atoms with van der Waals surface area (Å²) >= 11 is 0. The fraction of sp³-hybridized carbons (Fsp3) is 0.667. The number of aliphatic hydroxyl groups excluding tert-OH is 1. The molecule has 0 saturated heterocycles. The van der Waals surface area contributed by atoms with Crippen LogP contribution >= 0.6 is 0 Å². The highest BCUT2D eigenvalue weighted by Gasteiger charge is 2.27. The zero-order valence-electron chi connectivity index (χ0n) is 12.9. The lowest BCUT2D eigenvalue weighted by Gasteiger charge is -2.22. The third-order valence-electron chi connectivity index (χ3n) is 2.78. The van der Waals surface area contributed by atoms with E-state index in [0.29, 0.717) is 13.0 Å². The van der Waals surface area contributed by atoms with Gasteiger partial charge in [0.15, 0.2) is 5.96 Å². The topological polar surface area (TPSA) is 206 Å². The number of rotatable bonds is 10. The molecular weight excluding hydrogens is 308 g/mol. The van der Waals surface area contributed by atoms with Crippen molar-refractivity contribution in [3.63, 3.8) is 0 Å². The lowest BCUT2D eigenvalue weighted by Crippen LogP contribution is -2.56. The molecule has 11 heteroatoms. The first-order valence-electron chi connectivity index (χ1n) is 6.94. The Kier molecular flexibility index (Phi) is 9.27. The largest absolute Gasteiger partial charge is 0.480 e. The molecule has 132 valence electrons. The van der Waals surface area contributed by atoms with Crippen LogP contribution in [-0.2, 0) is 14.4 Å². The highest BCUT2D eigenvalue weighted by Crippen LogP contribution is 1.99. The number of hydrogen-bond donors (Lipinski definition) is 7. The molecule has 0 radical (unpaired) electrons. The summed E-state index contributed by atoms with van der Waals surface area (Å²) in [6.07, 6.45) is -0.496. The molecule has 0 aromatic heterocycles. The second-order valence-corrected chi connectivity index (χ2v) is 4.89. The van der Waals surface area contributed by atoms with E-state index in [9.17, 15) is 19.5 Å². The second-order valence-electron chi connectivity index (χ2n) is 4.89. The summed E-state index contributed by atoms with van der Waals surface area (Å²) in [7, 11) is 0. The van der Waals surface area contributed by atoms with Crippen molar-refractivity contribution >= 4 is 23.7 Å². The molecule has 0 bridgehead atoms. The monoisotopic (exact) mass is 332 g/mol. The van der Waals surface area contributed by atoms with Crippen molar-refractivity contribution in [2.75, 3.05) is 13.1 Å². The van der Waals surface area contributed by atoms with Gasteiger partial charge in [0.2, 0.25) is 11.8 Å². The molecule has 0 heterocycles. The van der Waals surface area contributed by atoms with Gasteiger partial charge in [0, 0.05) is 6.54 Å². The van der Waals surface area contributed by atoms with E-state index in [-0.39, 0.29) is 12.4 Å². The first-order chi connectivity index (χ1) is 10.6. The van der Waals surface area contributed by atoms with E-state index in [1.807, 2.05) is 0 Å². The van der Waals surface area contributed by atoms with E-state index in [2.05, 4.69) is 15.6 Å². The number of hydrogen-bond acceptors (Lipinski definition) is 6. The SMILES string of the molecule is C[C@@H](O)[C@H](NC(=O)[C@@H](N)CCCN=C(N)N)C(=O)NCC(=O)O. The quantitative estimate of drug-likeness (QED) is 0.121. The van der Waals surface area contributed by atoms with Gasteiger partial charge in [-0.15, -0.1) is 0 Å². The van der Waals surface area contributed by atoms with Crippen molar-refractivity contribution in [3.05, 3.63) is 0 Å². The molecule has 0 aliphatic carbocycles. The summed E-state index contributed by atoms with van der Waals surface area (Å²) in [5.74, 6) is -2.77. The average molecular weight is 332 g/mol. The van der Waals surface area contributed by atoms with Crippen LogP contribution in [0.5, 0.6) is 0 Å². The van der Waals surface area contributed by atoms with Gasteiger partial charge >= 0.3 is 5.97 Å². The number of aliphatic carboxylic acids is 1. The molecule has 10 N–H and O–H groups in total. The van der Waals surface area contributed by atoms with Gasteiger partial charge in [-0.25, -0.2) is 0 Å². The number of nitrogens with two attached hydrogens (primary N) is 3. The van der Waals surface area contributed by atoms with Crippen LogP contribution in [0.4, 0.5) is 0 Å². The Hall–Kier alpha value is -2.40. The summed E-state index contributed by atoms with van der Waals surface area (Å²) in [6.45, 7) is 0.973. The van der Waals surface area contributed by atoms with Crippen molar-refractivity contribution in [2.45, 2.75) is 38.0 Å². The van der Waals surface area contributed by atoms with Crippen molar-refractivity contribution in [1.82, 2.24) is 10.6 Å². The predicted octanol–water partition coefficient (Wildman–Crippen LogP) is -3.57. The van der Waals surface area contributed by atoms with Crippen LogP contribution in [0.3, 0.4) is 0 Å². The molecule has 0 aromatic rings. The standard InChI is InChI=1S/C12H24N6O5/c1-6(19)9(11(23)17-5-8(20)21)18-10(22)7(13)3-2-4-16-12(14)15/h6-7,9,19H,2-5,13H2,1H3,(H,17,23)(H,18,22)(H,20,21)(H4,14,15,16)/t6-,7+,9+/m1/s1. The zero-order valence-corrected chi connectivity index (χ0v) is 12.9. The molecular formula is C12H24N6O5. The van der Waals surface area contributed by atoms with Crippen LogP contribution in [-0.4, -0.2) is 65.2 Å². The third kappa shape index (κ3) is 9.26. The number of amides is 2. The van der Waals surface area contributed by atoms with Gasteiger partial charge in [-0.3, -0.25) is 19.4 Å². The molecule has 11 nitrogen and oxygen atoms in total. The number of aliphatic hydroxyl groups is 1. The van der Waals surface area contributed by atoms with E-state index in [0.717, 1.165) is 0 Å². The molecule has 2 amide bonds. The molecule has 3 atom stereocenters. The van der Waals surface area contributed by atoms with Crippen molar-refractivity contribution in [3.8, 4) is 0 Å². The van der Waals surface area contributed by atoms with Crippen molar-refractivity contribution in [1.29, 1.82) is 0 Å². The molecule has 0 unspecified atom stereocenters. The zero-order chi connectivity index (χ0) is 18.0. The Labute approximate surface area is 133 Å². The van der Waals surface area contributed by atoms with Crippen LogP contribution in [0.2, 0.25) is 0 Å². The fourth-order valence-corrected chi connectivity index (χ4v) is 1.59. The number of aliphatic imine (C=N–C) groups is 1. The van der Waals surface area contributed by atoms with Crippen molar-refractivity contribution in [2.24, 2.45) is 22.2 Å². The number of carboxylic acids is 1. The predicted molar refractivity (Wildman–Crippen MR) is 82.1 cm³/mol. The van der Waals surface area contributed by atoms with Gasteiger partial charge in [0.25, 0.3) is 0 Å². The van der Waals surface area contributed by atoms with E-state index < -0.39 is 42.5 Å². The summed E-state index contributed by atoms with van der Waals surface area (Å²) in [5, 5.41) is 22.4. The summed E-state index contributed by atoms with van der Waals surface area (Å²) in [6, 6.07) is -2.22. The molecule has 0 aliphatic rings. The molecule has 23 heavy (non-hydrogen) atoms. The Morgan fingerprint density at radius 1 is 1.22 bits per heavy atom. The second kappa shape index (κ2) is 10.3. The molecule has 0 saturated carbocycles. The number of carbonyl (C=O) groups excluding carboxylic acids is 2. The molecule has 0 aliphatic heterocycles. The van der Waals surface area contributed by atoms with E-state index in [4.69, 9.17) is 22.3 Å². The van der Waals surface area contributed by atoms with Crippen LogP contribution in [0.25, 0.3) is 0 Å². The minimum atomic E-state index is -1.30. The molecule has 0 spiro atoms. The highest BCUT2D eigenvalue weighted by molar-refractivity contribution is 5.91. The maximum atomic E-state index is 11.9. The Balaban J connectivity index is 4.45. The van der Waals surface area contributed by atoms with Gasteiger partial charge < -0.3 is 38.0 Å². The number of carbonyl (C=O) groups is 3. The smallest absolute Gasteiger partial charge is 0.322 e. The maximum absolute atomic E-state index is 11.9. The maximum Gasteiger partial charge on any atom is 0.322 e. The fourth-order valence-electron chi connectivity index (χ4n) is 1.59. The van der Waals surface area contributed by atoms with Gasteiger partial charge in [-0.05, 0) is 19.8 Å². The minimum Gasteiger partial charge on any atom is -0.480 e. The summed E-state index contributed by atoms with van der Waals surface area (Å²) in [4.78, 5) is 37.8. The molecule has 0 rings (SSSR count). The molecule has 0 aromatic carbocycles. The Morgan fingerprint density at radius 3 is 2.30 bits per heavy atom. The minimum absolute atomic E-state index is 0.0627. The van der Waals surface area contributed by atoms with Crippen LogP contribution in [0.1, 0.15) is 19.8 Å². The van der Waals surface area contributed by atoms with Gasteiger partial charge in [0.05, 0.1) is 12.1 Å².